The average Bonchev–Trinajstić information content (AvgIpc) is 2.49. The van der Waals surface area contributed by atoms with E-state index in [1.165, 1.54) is 49.9 Å². The van der Waals surface area contributed by atoms with Gasteiger partial charge in [0.2, 0.25) is 0 Å². The van der Waals surface area contributed by atoms with Gasteiger partial charge in [-0.05, 0) is 50.3 Å². The van der Waals surface area contributed by atoms with Gasteiger partial charge in [-0.2, -0.15) is 0 Å². The molecule has 2 aliphatic rings. The van der Waals surface area contributed by atoms with Crippen LogP contribution in [0.3, 0.4) is 0 Å². The largest absolute Gasteiger partial charge is 0.313 e. The SMILES string of the molecule is C(CNC1CCCc2cccnc21)=C1CCCNC1. The lowest BCUT2D eigenvalue weighted by Crippen LogP contribution is -2.28. The molecule has 0 radical (unpaired) electrons. The molecule has 1 aromatic rings. The summed E-state index contributed by atoms with van der Waals surface area (Å²) in [6.45, 7) is 3.21. The predicted molar refractivity (Wildman–Crippen MR) is 78.1 cm³/mol. The minimum absolute atomic E-state index is 0.443. The molecule has 3 nitrogen and oxygen atoms in total. The van der Waals surface area contributed by atoms with Gasteiger partial charge in [0.15, 0.2) is 0 Å². The van der Waals surface area contributed by atoms with Crippen molar-refractivity contribution < 1.29 is 0 Å². The molecule has 1 fully saturated rings. The average molecular weight is 257 g/mol. The van der Waals surface area contributed by atoms with E-state index in [9.17, 15) is 0 Å². The van der Waals surface area contributed by atoms with Crippen LogP contribution in [0.4, 0.5) is 0 Å². The Morgan fingerprint density at radius 3 is 3.26 bits per heavy atom. The zero-order valence-corrected chi connectivity index (χ0v) is 11.5. The topological polar surface area (TPSA) is 37.0 Å². The first-order chi connectivity index (χ1) is 9.43. The van der Waals surface area contributed by atoms with Gasteiger partial charge in [0.25, 0.3) is 0 Å². The first kappa shape index (κ1) is 12.8. The van der Waals surface area contributed by atoms with E-state index in [-0.39, 0.29) is 0 Å². The van der Waals surface area contributed by atoms with Crippen LogP contribution in [0.25, 0.3) is 0 Å². The maximum atomic E-state index is 4.57. The standard InChI is InChI=1S/C16H23N3/c1-5-14-6-3-10-19-16(14)15(7-1)18-11-8-13-4-2-9-17-12-13/h3,6,8,10,15,17-18H,1-2,4-5,7,9,11-12H2. The van der Waals surface area contributed by atoms with Crippen LogP contribution < -0.4 is 10.6 Å². The molecule has 1 unspecified atom stereocenters. The molecule has 2 N–H and O–H groups in total. The van der Waals surface area contributed by atoms with Gasteiger partial charge in [-0.3, -0.25) is 4.98 Å². The molecule has 0 saturated carbocycles. The lowest BCUT2D eigenvalue weighted by atomic mass is 9.92. The van der Waals surface area contributed by atoms with Crippen LogP contribution in [0, 0.1) is 0 Å². The molecule has 2 heterocycles. The molecular formula is C16H23N3. The van der Waals surface area contributed by atoms with Crippen molar-refractivity contribution in [3.8, 4) is 0 Å². The number of hydrogen-bond donors (Lipinski definition) is 2. The summed E-state index contributed by atoms with van der Waals surface area (Å²) >= 11 is 0. The molecule has 3 rings (SSSR count). The van der Waals surface area contributed by atoms with E-state index in [2.05, 4.69) is 33.8 Å². The Morgan fingerprint density at radius 2 is 2.37 bits per heavy atom. The first-order valence-corrected chi connectivity index (χ1v) is 7.49. The van der Waals surface area contributed by atoms with Crippen LogP contribution in [0.5, 0.6) is 0 Å². The summed E-state index contributed by atoms with van der Waals surface area (Å²) in [6, 6.07) is 4.72. The number of piperidine rings is 1. The molecule has 3 heteroatoms. The number of hydrogen-bond acceptors (Lipinski definition) is 3. The second-order valence-corrected chi connectivity index (χ2v) is 5.54. The van der Waals surface area contributed by atoms with Crippen molar-refractivity contribution in [3.05, 3.63) is 41.2 Å². The quantitative estimate of drug-likeness (QED) is 0.816. The van der Waals surface area contributed by atoms with Crippen molar-refractivity contribution in [1.29, 1.82) is 0 Å². The van der Waals surface area contributed by atoms with Crippen LogP contribution >= 0.6 is 0 Å². The molecule has 0 bridgehead atoms. The third-order valence-corrected chi connectivity index (χ3v) is 4.15. The Balaban J connectivity index is 1.59. The number of pyridine rings is 1. The molecule has 0 spiro atoms. The van der Waals surface area contributed by atoms with Crippen molar-refractivity contribution in [1.82, 2.24) is 15.6 Å². The molecule has 1 aliphatic carbocycles. The zero-order chi connectivity index (χ0) is 12.9. The van der Waals surface area contributed by atoms with E-state index in [4.69, 9.17) is 0 Å². The van der Waals surface area contributed by atoms with Gasteiger partial charge < -0.3 is 10.6 Å². The van der Waals surface area contributed by atoms with Gasteiger partial charge in [-0.1, -0.05) is 17.7 Å². The van der Waals surface area contributed by atoms with E-state index in [1.807, 2.05) is 6.20 Å². The fraction of sp³-hybridized carbons (Fsp3) is 0.562. The molecule has 102 valence electrons. The Bertz CT molecular complexity index is 445. The smallest absolute Gasteiger partial charge is 0.0605 e. The molecule has 1 saturated heterocycles. The molecule has 0 aromatic carbocycles. The van der Waals surface area contributed by atoms with Crippen LogP contribution in [0.15, 0.2) is 30.0 Å². The Morgan fingerprint density at radius 1 is 1.37 bits per heavy atom. The summed E-state index contributed by atoms with van der Waals surface area (Å²) in [6.07, 6.45) is 10.5. The zero-order valence-electron chi connectivity index (χ0n) is 11.5. The monoisotopic (exact) mass is 257 g/mol. The lowest BCUT2D eigenvalue weighted by molar-refractivity contribution is 0.466. The molecular weight excluding hydrogens is 234 g/mol. The first-order valence-electron chi connectivity index (χ1n) is 7.49. The molecule has 0 amide bonds. The van der Waals surface area contributed by atoms with E-state index >= 15 is 0 Å². The van der Waals surface area contributed by atoms with Crippen molar-refractivity contribution in [2.75, 3.05) is 19.6 Å². The molecule has 19 heavy (non-hydrogen) atoms. The van der Waals surface area contributed by atoms with Crippen LogP contribution in [0.2, 0.25) is 0 Å². The van der Waals surface area contributed by atoms with E-state index in [1.54, 1.807) is 5.57 Å². The highest BCUT2D eigenvalue weighted by Crippen LogP contribution is 2.27. The molecule has 1 aliphatic heterocycles. The Labute approximate surface area is 115 Å². The Kier molecular flexibility index (Phi) is 4.26. The van der Waals surface area contributed by atoms with Crippen LogP contribution in [-0.4, -0.2) is 24.6 Å². The van der Waals surface area contributed by atoms with Crippen LogP contribution in [-0.2, 0) is 6.42 Å². The number of fused-ring (bicyclic) bond motifs is 1. The maximum absolute atomic E-state index is 4.57. The highest BCUT2D eigenvalue weighted by atomic mass is 14.9. The summed E-state index contributed by atoms with van der Waals surface area (Å²) < 4.78 is 0. The van der Waals surface area contributed by atoms with E-state index in [0.717, 1.165) is 13.1 Å². The van der Waals surface area contributed by atoms with Gasteiger partial charge in [0.05, 0.1) is 11.7 Å². The number of nitrogens with zero attached hydrogens (tertiary/aromatic N) is 1. The fourth-order valence-corrected chi connectivity index (χ4v) is 3.11. The normalized spacial score (nSPS) is 25.3. The van der Waals surface area contributed by atoms with Gasteiger partial charge in [0.1, 0.15) is 0 Å². The lowest BCUT2D eigenvalue weighted by Gasteiger charge is -2.25. The maximum Gasteiger partial charge on any atom is 0.0605 e. The minimum atomic E-state index is 0.443. The summed E-state index contributed by atoms with van der Waals surface area (Å²) in [4.78, 5) is 4.57. The van der Waals surface area contributed by atoms with E-state index in [0.29, 0.717) is 6.04 Å². The minimum Gasteiger partial charge on any atom is -0.313 e. The second-order valence-electron chi connectivity index (χ2n) is 5.54. The second kappa shape index (κ2) is 6.31. The van der Waals surface area contributed by atoms with Crippen LogP contribution in [0.1, 0.15) is 43.0 Å². The fourth-order valence-electron chi connectivity index (χ4n) is 3.11. The third kappa shape index (κ3) is 3.23. The third-order valence-electron chi connectivity index (χ3n) is 4.15. The molecule has 1 atom stereocenters. The number of aryl methyl sites for hydroxylation is 1. The van der Waals surface area contributed by atoms with Gasteiger partial charge >= 0.3 is 0 Å². The van der Waals surface area contributed by atoms with Gasteiger partial charge in [-0.25, -0.2) is 0 Å². The number of nitrogens with one attached hydrogen (secondary N) is 2. The molecule has 1 aromatic heterocycles. The van der Waals surface area contributed by atoms with Crippen molar-refractivity contribution in [3.63, 3.8) is 0 Å². The van der Waals surface area contributed by atoms with Gasteiger partial charge in [0, 0.05) is 19.3 Å². The van der Waals surface area contributed by atoms with E-state index < -0.39 is 0 Å². The Hall–Kier alpha value is -1.19. The van der Waals surface area contributed by atoms with Crippen molar-refractivity contribution in [2.24, 2.45) is 0 Å². The van der Waals surface area contributed by atoms with Crippen molar-refractivity contribution >= 4 is 0 Å². The highest BCUT2D eigenvalue weighted by Gasteiger charge is 2.20. The summed E-state index contributed by atoms with van der Waals surface area (Å²) in [5.74, 6) is 0. The summed E-state index contributed by atoms with van der Waals surface area (Å²) in [5.41, 5.74) is 4.25. The predicted octanol–water partition coefficient (Wildman–Crippen LogP) is 2.36. The van der Waals surface area contributed by atoms with Crippen molar-refractivity contribution in [2.45, 2.75) is 38.1 Å². The highest BCUT2D eigenvalue weighted by molar-refractivity contribution is 5.25. The number of rotatable bonds is 3. The van der Waals surface area contributed by atoms with Gasteiger partial charge in [-0.15, -0.1) is 0 Å². The summed E-state index contributed by atoms with van der Waals surface area (Å²) in [7, 11) is 0. The number of aromatic nitrogens is 1. The summed E-state index contributed by atoms with van der Waals surface area (Å²) in [5, 5.41) is 7.09.